The molecule has 0 atom stereocenters. The molecule has 0 amide bonds. The molecule has 1 saturated carbocycles. The van der Waals surface area contributed by atoms with Gasteiger partial charge < -0.3 is 5.11 Å². The molecular weight excluding hydrogens is 196 g/mol. The molecule has 1 heteroatoms. The third kappa shape index (κ3) is 3.52. The third-order valence-electron chi connectivity index (χ3n) is 2.43. The van der Waals surface area contributed by atoms with Gasteiger partial charge in [-0.05, 0) is 24.0 Å². The first-order valence-electron chi connectivity index (χ1n) is 5.65. The van der Waals surface area contributed by atoms with Gasteiger partial charge in [-0.3, -0.25) is 0 Å². The lowest BCUT2D eigenvalue weighted by atomic mass is 10.1. The van der Waals surface area contributed by atoms with Crippen LogP contribution in [0, 0.1) is 0 Å². The van der Waals surface area contributed by atoms with Crippen LogP contribution in [0.3, 0.4) is 0 Å². The molecule has 2 aromatic carbocycles. The van der Waals surface area contributed by atoms with E-state index in [1.54, 1.807) is 0 Å². The molecule has 0 aromatic heterocycles. The Morgan fingerprint density at radius 1 is 0.688 bits per heavy atom. The van der Waals surface area contributed by atoms with E-state index < -0.39 is 0 Å². The van der Waals surface area contributed by atoms with Crippen molar-refractivity contribution < 1.29 is 5.11 Å². The van der Waals surface area contributed by atoms with Crippen molar-refractivity contribution in [2.75, 3.05) is 0 Å². The lowest BCUT2D eigenvalue weighted by Crippen LogP contribution is -1.73. The summed E-state index contributed by atoms with van der Waals surface area (Å²) in [6.45, 7) is 0. The number of hydrogen-bond acceptors (Lipinski definition) is 1. The minimum Gasteiger partial charge on any atom is -0.393 e. The first-order valence-corrected chi connectivity index (χ1v) is 5.65. The molecule has 0 bridgehead atoms. The van der Waals surface area contributed by atoms with Crippen LogP contribution in [0.5, 0.6) is 0 Å². The van der Waals surface area contributed by atoms with Gasteiger partial charge in [-0.2, -0.15) is 0 Å². The molecule has 1 aliphatic rings. The quantitative estimate of drug-likeness (QED) is 0.767. The predicted molar refractivity (Wildman–Crippen MR) is 67.1 cm³/mol. The van der Waals surface area contributed by atoms with E-state index >= 15 is 0 Å². The average molecular weight is 212 g/mol. The second-order valence-corrected chi connectivity index (χ2v) is 3.96. The zero-order chi connectivity index (χ0) is 11.2. The van der Waals surface area contributed by atoms with E-state index in [9.17, 15) is 0 Å². The fourth-order valence-corrected chi connectivity index (χ4v) is 1.34. The number of benzene rings is 2. The molecule has 3 rings (SSSR count). The number of hydrogen-bond donors (Lipinski definition) is 1. The number of rotatable bonds is 1. The minimum atomic E-state index is 0.0833. The third-order valence-corrected chi connectivity index (χ3v) is 2.43. The van der Waals surface area contributed by atoms with Crippen molar-refractivity contribution in [1.29, 1.82) is 0 Å². The smallest absolute Gasteiger partial charge is 0.0542 e. The zero-order valence-corrected chi connectivity index (χ0v) is 9.21. The Labute approximate surface area is 96.4 Å². The van der Waals surface area contributed by atoms with Gasteiger partial charge in [0.05, 0.1) is 6.10 Å². The fourth-order valence-electron chi connectivity index (χ4n) is 1.34. The Morgan fingerprint density at radius 2 is 1.00 bits per heavy atom. The van der Waals surface area contributed by atoms with Crippen molar-refractivity contribution in [2.24, 2.45) is 0 Å². The summed E-state index contributed by atoms with van der Waals surface area (Å²) >= 11 is 0. The summed E-state index contributed by atoms with van der Waals surface area (Å²) < 4.78 is 0. The van der Waals surface area contributed by atoms with Crippen LogP contribution in [-0.2, 0) is 0 Å². The van der Waals surface area contributed by atoms with Gasteiger partial charge in [0.2, 0.25) is 0 Å². The average Bonchev–Trinajstić information content (AvgIpc) is 3.15. The van der Waals surface area contributed by atoms with Gasteiger partial charge >= 0.3 is 0 Å². The van der Waals surface area contributed by atoms with Crippen molar-refractivity contribution in [3.05, 3.63) is 60.7 Å². The highest BCUT2D eigenvalue weighted by atomic mass is 16.3. The van der Waals surface area contributed by atoms with Crippen molar-refractivity contribution in [2.45, 2.75) is 18.9 Å². The highest BCUT2D eigenvalue weighted by Crippen LogP contribution is 2.17. The highest BCUT2D eigenvalue weighted by molar-refractivity contribution is 5.62. The summed E-state index contributed by atoms with van der Waals surface area (Å²) in [7, 11) is 0. The normalized spacial score (nSPS) is 13.8. The minimum absolute atomic E-state index is 0.0833. The molecule has 0 saturated heterocycles. The molecule has 1 fully saturated rings. The molecule has 0 aliphatic heterocycles. The van der Waals surface area contributed by atoms with E-state index in [0.29, 0.717) is 0 Å². The second kappa shape index (κ2) is 5.47. The largest absolute Gasteiger partial charge is 0.393 e. The van der Waals surface area contributed by atoms with Crippen LogP contribution in [0.1, 0.15) is 12.8 Å². The number of aliphatic hydroxyl groups excluding tert-OH is 1. The molecule has 0 unspecified atom stereocenters. The van der Waals surface area contributed by atoms with Gasteiger partial charge in [0.25, 0.3) is 0 Å². The van der Waals surface area contributed by atoms with E-state index in [-0.39, 0.29) is 6.10 Å². The van der Waals surface area contributed by atoms with Crippen LogP contribution in [0.4, 0.5) is 0 Å². The van der Waals surface area contributed by atoms with Crippen molar-refractivity contribution in [1.82, 2.24) is 0 Å². The topological polar surface area (TPSA) is 20.2 Å². The maximum atomic E-state index is 8.17. The van der Waals surface area contributed by atoms with Gasteiger partial charge in [-0.25, -0.2) is 0 Å². The molecule has 0 heterocycles. The summed E-state index contributed by atoms with van der Waals surface area (Å²) in [5.74, 6) is 0. The zero-order valence-electron chi connectivity index (χ0n) is 9.21. The van der Waals surface area contributed by atoms with Crippen LogP contribution in [0.2, 0.25) is 0 Å². The summed E-state index contributed by atoms with van der Waals surface area (Å²) in [4.78, 5) is 0. The Hall–Kier alpha value is -1.60. The molecule has 16 heavy (non-hydrogen) atoms. The van der Waals surface area contributed by atoms with E-state index in [1.807, 2.05) is 12.1 Å². The summed E-state index contributed by atoms with van der Waals surface area (Å²) in [5, 5.41) is 8.17. The van der Waals surface area contributed by atoms with E-state index in [4.69, 9.17) is 5.11 Å². The maximum Gasteiger partial charge on any atom is 0.0542 e. The molecule has 1 aliphatic carbocycles. The summed E-state index contributed by atoms with van der Waals surface area (Å²) in [6, 6.07) is 20.8. The molecule has 1 N–H and O–H groups in total. The standard InChI is InChI=1S/C12H10.C3H6O/c1-3-7-11(8-4-1)12-9-5-2-6-10-12;4-3-1-2-3/h1-10H;3-4H,1-2H2. The van der Waals surface area contributed by atoms with Crippen LogP contribution >= 0.6 is 0 Å². The van der Waals surface area contributed by atoms with Gasteiger partial charge in [0.15, 0.2) is 0 Å². The summed E-state index contributed by atoms with van der Waals surface area (Å²) in [6.07, 6.45) is 2.17. The lowest BCUT2D eigenvalue weighted by Gasteiger charge is -1.98. The Morgan fingerprint density at radius 3 is 1.25 bits per heavy atom. The molecule has 2 aromatic rings. The molecular formula is C15H16O. The summed E-state index contributed by atoms with van der Waals surface area (Å²) in [5.41, 5.74) is 2.55. The van der Waals surface area contributed by atoms with Crippen LogP contribution in [0.15, 0.2) is 60.7 Å². The first-order chi connectivity index (χ1) is 7.86. The van der Waals surface area contributed by atoms with E-state index in [1.165, 1.54) is 11.1 Å². The molecule has 0 spiro atoms. The second-order valence-electron chi connectivity index (χ2n) is 3.96. The fraction of sp³-hybridized carbons (Fsp3) is 0.200. The molecule has 0 radical (unpaired) electrons. The Bertz CT molecular complexity index is 366. The predicted octanol–water partition coefficient (Wildman–Crippen LogP) is 3.49. The SMILES string of the molecule is OC1CC1.c1ccc(-c2ccccc2)cc1. The Balaban J connectivity index is 0.000000203. The highest BCUT2D eigenvalue weighted by Gasteiger charge is 2.15. The van der Waals surface area contributed by atoms with Gasteiger partial charge in [0, 0.05) is 0 Å². The van der Waals surface area contributed by atoms with Crippen molar-refractivity contribution in [3.8, 4) is 11.1 Å². The molecule has 82 valence electrons. The maximum absolute atomic E-state index is 8.17. The van der Waals surface area contributed by atoms with Crippen molar-refractivity contribution in [3.63, 3.8) is 0 Å². The van der Waals surface area contributed by atoms with E-state index in [2.05, 4.69) is 48.5 Å². The van der Waals surface area contributed by atoms with Gasteiger partial charge in [0.1, 0.15) is 0 Å². The van der Waals surface area contributed by atoms with Crippen LogP contribution < -0.4 is 0 Å². The first kappa shape index (κ1) is 10.9. The Kier molecular flexibility index (Phi) is 3.73. The number of aliphatic hydroxyl groups is 1. The van der Waals surface area contributed by atoms with Crippen LogP contribution in [-0.4, -0.2) is 11.2 Å². The lowest BCUT2D eigenvalue weighted by molar-refractivity contribution is 0.279. The van der Waals surface area contributed by atoms with Crippen LogP contribution in [0.25, 0.3) is 11.1 Å². The monoisotopic (exact) mass is 212 g/mol. The van der Waals surface area contributed by atoms with Gasteiger partial charge in [-0.15, -0.1) is 0 Å². The van der Waals surface area contributed by atoms with Gasteiger partial charge in [-0.1, -0.05) is 60.7 Å². The van der Waals surface area contributed by atoms with Crippen molar-refractivity contribution >= 4 is 0 Å². The van der Waals surface area contributed by atoms with E-state index in [0.717, 1.165) is 12.8 Å². The molecule has 1 nitrogen and oxygen atoms in total.